The first-order valence-electron chi connectivity index (χ1n) is 18.9. The smallest absolute Gasteiger partial charge is 0.186 e. The average Bonchev–Trinajstić information content (AvgIpc) is 3.98. The van der Waals surface area contributed by atoms with Gasteiger partial charge in [0, 0.05) is 61.5 Å². The van der Waals surface area contributed by atoms with Gasteiger partial charge >= 0.3 is 0 Å². The molecule has 1 aromatic heterocycles. The minimum Gasteiger partial charge on any atom is -0.504 e. The van der Waals surface area contributed by atoms with Crippen LogP contribution in [0.3, 0.4) is 0 Å². The van der Waals surface area contributed by atoms with Crippen molar-refractivity contribution in [3.63, 3.8) is 0 Å². The second-order valence-electron chi connectivity index (χ2n) is 17.7. The first-order chi connectivity index (χ1) is 23.7. The maximum absolute atomic E-state index is 13.5. The molecule has 4 bridgehead atoms. The number of aliphatic hydroxyl groups is 2. The predicted octanol–water partition coefficient (Wildman–Crippen LogP) is 2.19. The van der Waals surface area contributed by atoms with Crippen LogP contribution in [0, 0.1) is 11.8 Å². The molecule has 4 aliphatic heterocycles. The van der Waals surface area contributed by atoms with Crippen molar-refractivity contribution in [1.82, 2.24) is 4.98 Å². The van der Waals surface area contributed by atoms with E-state index in [-0.39, 0.29) is 23.6 Å². The number of likely N-dealkylation sites (tertiary alicyclic amines) is 1. The zero-order chi connectivity index (χ0) is 32.4. The lowest BCUT2D eigenvalue weighted by molar-refractivity contribution is -0.943. The maximum Gasteiger partial charge on any atom is 0.186 e. The van der Waals surface area contributed by atoms with Crippen molar-refractivity contribution in [3.05, 3.63) is 69.0 Å². The van der Waals surface area contributed by atoms with Crippen LogP contribution >= 0.6 is 0 Å². The normalized spacial score (nSPS) is 42.9. The number of phenols is 2. The lowest BCUT2D eigenvalue weighted by Gasteiger charge is -2.60. The average molecular weight is 662 g/mol. The van der Waals surface area contributed by atoms with Crippen molar-refractivity contribution in [2.24, 2.45) is 11.8 Å². The van der Waals surface area contributed by atoms with Crippen molar-refractivity contribution in [2.75, 3.05) is 19.6 Å². The Labute approximate surface area is 284 Å². The van der Waals surface area contributed by atoms with E-state index in [0.717, 1.165) is 78.5 Å². The molecule has 9 atom stereocenters. The highest BCUT2D eigenvalue weighted by Gasteiger charge is 2.78. The number of ether oxygens (including phenoxy) is 2. The van der Waals surface area contributed by atoms with Crippen molar-refractivity contribution < 1.29 is 39.4 Å². The number of rotatable bonds is 3. The summed E-state index contributed by atoms with van der Waals surface area (Å²) in [5, 5.41) is 49.4. The van der Waals surface area contributed by atoms with E-state index in [1.54, 1.807) is 12.1 Å². The molecule has 0 radical (unpaired) electrons. The minimum atomic E-state index is -1.12. The summed E-state index contributed by atoms with van der Waals surface area (Å²) in [4.78, 5) is 5.42. The standard InChI is InChI=1S/C40H41N3O6/c44-25-7-5-21-13-27-39(46)15-23-24-16-40(47)28-14-22-6-8-26(45)34-30(22)38(40,10-12-43(28)18-20-3-4-20)36(49-34)32(24)41-31(23)35-37(39,29(21)33(25)48-35)9-11-42(27)17-19-1-2-19/h5-8,17,19-20,27-28,35-36,41,46-47H,1-4,9-16,18H2,(H-,44,45)/p+2/t27-,28-,35+,36+,37+,38+,39-,40-/m1/s1. The Morgan fingerprint density at radius 3 is 2.10 bits per heavy atom. The summed E-state index contributed by atoms with van der Waals surface area (Å²) in [5.41, 5.74) is 4.93. The quantitative estimate of drug-likeness (QED) is 0.240. The molecule has 6 N–H and O–H groups in total. The maximum atomic E-state index is 13.5. The number of aromatic hydroxyl groups is 2. The predicted molar refractivity (Wildman–Crippen MR) is 176 cm³/mol. The zero-order valence-electron chi connectivity index (χ0n) is 27.6. The number of quaternary nitrogens is 1. The highest BCUT2D eigenvalue weighted by atomic mass is 16.5. The van der Waals surface area contributed by atoms with Crippen LogP contribution in [0.1, 0.15) is 95.5 Å². The number of hydrogen-bond donors (Lipinski definition) is 6. The first kappa shape index (κ1) is 27.2. The molecule has 2 aromatic carbocycles. The molecule has 0 amide bonds. The molecule has 5 heterocycles. The van der Waals surface area contributed by atoms with E-state index in [0.29, 0.717) is 36.7 Å². The molecule has 1 unspecified atom stereocenters. The molecular formula is C40H43N3O6+2. The van der Waals surface area contributed by atoms with Gasteiger partial charge in [-0.25, -0.2) is 4.58 Å². The molecule has 6 aliphatic carbocycles. The fourth-order valence-corrected chi connectivity index (χ4v) is 13.4. The number of aromatic amines is 1. The third-order valence-corrected chi connectivity index (χ3v) is 15.7. The van der Waals surface area contributed by atoms with Gasteiger partial charge in [-0.05, 0) is 60.1 Å². The number of phenolic OH excluding ortho intramolecular Hbond substituents is 2. The highest BCUT2D eigenvalue weighted by Crippen LogP contribution is 2.71. The molecule has 9 nitrogen and oxygen atoms in total. The second-order valence-corrected chi connectivity index (χ2v) is 17.7. The molecule has 10 aliphatic rings. The SMILES string of the molecule is Oc1ccc2c3c1O[C@H]1c4[nH]c5c(c4C[C@@]4(O)[C@@H](C2)[N+](=CC2CC2)CC[C@]314)C[C@@]1(O)[C@H]2Cc3ccc(O)c4c3[C@@]1(CC[NH+]2CC1CC1)[C@H]5O4. The van der Waals surface area contributed by atoms with Gasteiger partial charge in [-0.1, -0.05) is 12.1 Å². The van der Waals surface area contributed by atoms with Gasteiger partial charge in [-0.3, -0.25) is 0 Å². The van der Waals surface area contributed by atoms with Gasteiger partial charge in [-0.15, -0.1) is 0 Å². The van der Waals surface area contributed by atoms with E-state index in [2.05, 4.69) is 21.8 Å². The molecule has 4 fully saturated rings. The number of fused-ring (bicyclic) bond motifs is 5. The van der Waals surface area contributed by atoms with E-state index in [1.165, 1.54) is 41.7 Å². The van der Waals surface area contributed by atoms with E-state index in [9.17, 15) is 20.4 Å². The van der Waals surface area contributed by atoms with Crippen LogP contribution in [0.2, 0.25) is 0 Å². The lowest BCUT2D eigenvalue weighted by Crippen LogP contribution is -3.21. The van der Waals surface area contributed by atoms with Gasteiger partial charge < -0.3 is 39.8 Å². The van der Waals surface area contributed by atoms with E-state index in [4.69, 9.17) is 9.47 Å². The van der Waals surface area contributed by atoms with Crippen molar-refractivity contribution in [3.8, 4) is 23.0 Å². The number of hydrogen-bond acceptors (Lipinski definition) is 6. The van der Waals surface area contributed by atoms with Crippen LogP contribution in [0.4, 0.5) is 0 Å². The number of benzene rings is 2. The highest BCUT2D eigenvalue weighted by molar-refractivity contribution is 5.68. The van der Waals surface area contributed by atoms with Crippen LogP contribution in [0.15, 0.2) is 24.3 Å². The van der Waals surface area contributed by atoms with Crippen LogP contribution in [0.5, 0.6) is 23.0 Å². The number of nitrogens with one attached hydrogen (secondary N) is 2. The fraction of sp³-hybridized carbons (Fsp3) is 0.575. The Morgan fingerprint density at radius 2 is 1.45 bits per heavy atom. The summed E-state index contributed by atoms with van der Waals surface area (Å²) >= 11 is 0. The van der Waals surface area contributed by atoms with Crippen LogP contribution < -0.4 is 14.4 Å². The Kier molecular flexibility index (Phi) is 4.53. The van der Waals surface area contributed by atoms with E-state index < -0.39 is 34.2 Å². The largest absolute Gasteiger partial charge is 0.504 e. The van der Waals surface area contributed by atoms with Gasteiger partial charge in [-0.2, -0.15) is 0 Å². The van der Waals surface area contributed by atoms with Gasteiger partial charge in [0.25, 0.3) is 0 Å². The third-order valence-electron chi connectivity index (χ3n) is 15.7. The molecule has 3 aromatic rings. The zero-order valence-corrected chi connectivity index (χ0v) is 27.6. The Bertz CT molecular complexity index is 2120. The number of piperidine rings is 2. The first-order valence-corrected chi connectivity index (χ1v) is 18.9. The summed E-state index contributed by atoms with van der Waals surface area (Å²) in [6.07, 6.45) is 10.4. The molecule has 2 saturated heterocycles. The summed E-state index contributed by atoms with van der Waals surface area (Å²) < 4.78 is 16.3. The third kappa shape index (κ3) is 2.83. The monoisotopic (exact) mass is 661 g/mol. The topological polar surface area (TPSA) is 123 Å². The summed E-state index contributed by atoms with van der Waals surface area (Å²) in [6, 6.07) is 7.58. The Hall–Kier alpha value is -3.53. The minimum absolute atomic E-state index is 0.0249. The fourth-order valence-electron chi connectivity index (χ4n) is 13.4. The molecule has 2 saturated carbocycles. The molecule has 13 rings (SSSR count). The number of nitrogens with zero attached hydrogens (tertiary/aromatic N) is 1. The number of aromatic nitrogens is 1. The van der Waals surface area contributed by atoms with Gasteiger partial charge in [0.15, 0.2) is 41.2 Å². The molecule has 2 spiro atoms. The molecule has 49 heavy (non-hydrogen) atoms. The van der Waals surface area contributed by atoms with Crippen molar-refractivity contribution in [1.29, 1.82) is 0 Å². The van der Waals surface area contributed by atoms with E-state index in [1.807, 2.05) is 6.07 Å². The summed E-state index contributed by atoms with van der Waals surface area (Å²) in [5.74, 6) is 2.68. The van der Waals surface area contributed by atoms with Crippen molar-refractivity contribution >= 4 is 6.21 Å². The van der Waals surface area contributed by atoms with Gasteiger partial charge in [0.2, 0.25) is 0 Å². The summed E-state index contributed by atoms with van der Waals surface area (Å²) in [6.45, 7) is 2.93. The Morgan fingerprint density at radius 1 is 0.816 bits per heavy atom. The number of H-pyrrole nitrogens is 1. The molecular weight excluding hydrogens is 618 g/mol. The second kappa shape index (κ2) is 8.16. The Balaban J connectivity index is 1.04. The van der Waals surface area contributed by atoms with E-state index >= 15 is 0 Å². The van der Waals surface area contributed by atoms with Crippen LogP contribution in [0.25, 0.3) is 0 Å². The van der Waals surface area contributed by atoms with Gasteiger partial charge in [0.05, 0.1) is 35.3 Å². The molecule has 252 valence electrons. The van der Waals surface area contributed by atoms with Crippen LogP contribution in [-0.4, -0.2) is 79.1 Å². The molecule has 9 heteroatoms. The van der Waals surface area contributed by atoms with Crippen LogP contribution in [-0.2, 0) is 36.5 Å². The van der Waals surface area contributed by atoms with Gasteiger partial charge in [0.1, 0.15) is 30.0 Å². The van der Waals surface area contributed by atoms with Crippen molar-refractivity contribution in [2.45, 2.75) is 111 Å². The summed E-state index contributed by atoms with van der Waals surface area (Å²) in [7, 11) is 0. The lowest BCUT2D eigenvalue weighted by atomic mass is 9.47.